The van der Waals surface area contributed by atoms with E-state index in [0.29, 0.717) is 17.2 Å². The number of aromatic nitrogens is 1. The molecule has 2 aromatic carbocycles. The number of carbonyl (C=O) groups excluding carboxylic acids is 1. The lowest BCUT2D eigenvalue weighted by atomic mass is 10.2. The Morgan fingerprint density at radius 2 is 1.62 bits per heavy atom. The molecule has 3 rings (SSSR count). The SMILES string of the molecule is Cc1c(F)c(NC(=O)CNc2ccc(Oc3ccncc3)cc2)c(F)c(F)c1Cl. The van der Waals surface area contributed by atoms with Gasteiger partial charge in [-0.3, -0.25) is 9.78 Å². The summed E-state index contributed by atoms with van der Waals surface area (Å²) in [5, 5.41) is 4.15. The minimum Gasteiger partial charge on any atom is -0.457 e. The maximum atomic E-state index is 14.1. The molecule has 29 heavy (non-hydrogen) atoms. The van der Waals surface area contributed by atoms with Gasteiger partial charge in [0.1, 0.15) is 17.2 Å². The summed E-state index contributed by atoms with van der Waals surface area (Å²) < 4.78 is 47.3. The summed E-state index contributed by atoms with van der Waals surface area (Å²) in [5.74, 6) is -3.67. The van der Waals surface area contributed by atoms with E-state index in [1.807, 2.05) is 5.32 Å². The number of benzene rings is 2. The molecule has 0 atom stereocenters. The summed E-state index contributed by atoms with van der Waals surface area (Å²) in [7, 11) is 0. The number of anilines is 2. The first-order valence-electron chi connectivity index (χ1n) is 8.41. The summed E-state index contributed by atoms with van der Waals surface area (Å²) in [4.78, 5) is 15.9. The van der Waals surface area contributed by atoms with Gasteiger partial charge in [0, 0.05) is 23.6 Å². The Balaban J connectivity index is 1.60. The number of halogens is 4. The van der Waals surface area contributed by atoms with Crippen LogP contribution in [0.4, 0.5) is 24.5 Å². The molecule has 5 nitrogen and oxygen atoms in total. The first kappa shape index (κ1) is 20.5. The van der Waals surface area contributed by atoms with Crippen molar-refractivity contribution in [3.8, 4) is 11.5 Å². The number of ether oxygens (including phenoxy) is 1. The fourth-order valence-electron chi connectivity index (χ4n) is 2.41. The van der Waals surface area contributed by atoms with Crippen LogP contribution < -0.4 is 15.4 Å². The topological polar surface area (TPSA) is 63.2 Å². The second-order valence-electron chi connectivity index (χ2n) is 5.97. The molecule has 0 aliphatic carbocycles. The monoisotopic (exact) mass is 421 g/mol. The highest BCUT2D eigenvalue weighted by Crippen LogP contribution is 2.31. The van der Waals surface area contributed by atoms with Crippen LogP contribution in [0.1, 0.15) is 5.56 Å². The molecule has 1 aromatic heterocycles. The Labute approximate surface area is 169 Å². The minimum absolute atomic E-state index is 0.293. The van der Waals surface area contributed by atoms with E-state index in [0.717, 1.165) is 0 Å². The van der Waals surface area contributed by atoms with Crippen LogP contribution in [0.5, 0.6) is 11.5 Å². The molecule has 0 unspecified atom stereocenters. The van der Waals surface area contributed by atoms with Crippen LogP contribution in [0.15, 0.2) is 48.8 Å². The molecule has 0 aliphatic heterocycles. The third-order valence-corrected chi connectivity index (χ3v) is 4.39. The molecule has 1 amide bonds. The van der Waals surface area contributed by atoms with Crippen LogP contribution in [-0.2, 0) is 4.79 Å². The van der Waals surface area contributed by atoms with Crippen molar-refractivity contribution in [1.29, 1.82) is 0 Å². The van der Waals surface area contributed by atoms with E-state index in [2.05, 4.69) is 10.3 Å². The number of hydrogen-bond donors (Lipinski definition) is 2. The largest absolute Gasteiger partial charge is 0.457 e. The number of pyridine rings is 1. The lowest BCUT2D eigenvalue weighted by molar-refractivity contribution is -0.114. The molecule has 3 aromatic rings. The molecule has 0 fully saturated rings. The molecule has 150 valence electrons. The van der Waals surface area contributed by atoms with E-state index in [9.17, 15) is 18.0 Å². The van der Waals surface area contributed by atoms with Crippen molar-refractivity contribution in [1.82, 2.24) is 4.98 Å². The molecule has 0 radical (unpaired) electrons. The number of nitrogens with zero attached hydrogens (tertiary/aromatic N) is 1. The maximum absolute atomic E-state index is 14.1. The van der Waals surface area contributed by atoms with Gasteiger partial charge in [-0.2, -0.15) is 0 Å². The third-order valence-electron chi connectivity index (χ3n) is 3.94. The van der Waals surface area contributed by atoms with Crippen LogP contribution in [0, 0.1) is 24.4 Å². The lowest BCUT2D eigenvalue weighted by Gasteiger charge is -2.13. The van der Waals surface area contributed by atoms with Crippen LogP contribution >= 0.6 is 11.6 Å². The van der Waals surface area contributed by atoms with Crippen molar-refractivity contribution >= 4 is 28.9 Å². The van der Waals surface area contributed by atoms with Crippen molar-refractivity contribution in [3.05, 3.63) is 76.8 Å². The standard InChI is InChI=1S/C20H15ClF3N3O2/c1-11-16(21)18(23)19(24)20(17(11)22)27-15(28)10-26-12-2-4-13(5-3-12)29-14-6-8-25-9-7-14/h2-9,26H,10H2,1H3,(H,27,28). The zero-order valence-corrected chi connectivity index (χ0v) is 15.9. The molecule has 0 bridgehead atoms. The molecular formula is C20H15ClF3N3O2. The van der Waals surface area contributed by atoms with Crippen molar-refractivity contribution in [2.45, 2.75) is 6.92 Å². The van der Waals surface area contributed by atoms with E-state index in [1.54, 1.807) is 48.8 Å². The van der Waals surface area contributed by atoms with Crippen molar-refractivity contribution in [2.24, 2.45) is 0 Å². The zero-order valence-electron chi connectivity index (χ0n) is 15.1. The summed E-state index contributed by atoms with van der Waals surface area (Å²) in [6, 6.07) is 10.1. The summed E-state index contributed by atoms with van der Waals surface area (Å²) in [6.07, 6.45) is 3.20. The predicted molar refractivity (Wildman–Crippen MR) is 104 cm³/mol. The van der Waals surface area contributed by atoms with Crippen LogP contribution in [-0.4, -0.2) is 17.4 Å². The Kier molecular flexibility index (Phi) is 6.23. The molecule has 0 aliphatic rings. The first-order chi connectivity index (χ1) is 13.9. The number of rotatable bonds is 6. The van der Waals surface area contributed by atoms with Gasteiger partial charge in [-0.05, 0) is 43.3 Å². The van der Waals surface area contributed by atoms with Crippen molar-refractivity contribution in [2.75, 3.05) is 17.2 Å². The van der Waals surface area contributed by atoms with E-state index in [4.69, 9.17) is 16.3 Å². The number of hydrogen-bond acceptors (Lipinski definition) is 4. The average Bonchev–Trinajstić information content (AvgIpc) is 2.74. The van der Waals surface area contributed by atoms with Gasteiger partial charge < -0.3 is 15.4 Å². The number of carbonyl (C=O) groups is 1. The van der Waals surface area contributed by atoms with E-state index < -0.39 is 34.1 Å². The fourth-order valence-corrected chi connectivity index (χ4v) is 2.58. The summed E-state index contributed by atoms with van der Waals surface area (Å²) in [6.45, 7) is 0.885. The van der Waals surface area contributed by atoms with E-state index in [1.165, 1.54) is 6.92 Å². The molecule has 0 saturated carbocycles. The molecule has 0 spiro atoms. The van der Waals surface area contributed by atoms with Gasteiger partial charge in [0.15, 0.2) is 17.5 Å². The van der Waals surface area contributed by atoms with Gasteiger partial charge in [0.05, 0.1) is 11.6 Å². The van der Waals surface area contributed by atoms with Gasteiger partial charge in [0.25, 0.3) is 0 Å². The Morgan fingerprint density at radius 3 is 2.28 bits per heavy atom. The summed E-state index contributed by atoms with van der Waals surface area (Å²) in [5.41, 5.74) is -0.599. The fraction of sp³-hybridized carbons (Fsp3) is 0.100. The third kappa shape index (κ3) is 4.78. The van der Waals surface area contributed by atoms with E-state index >= 15 is 0 Å². The molecule has 2 N–H and O–H groups in total. The number of amides is 1. The summed E-state index contributed by atoms with van der Waals surface area (Å²) >= 11 is 5.51. The van der Waals surface area contributed by atoms with Gasteiger partial charge in [-0.15, -0.1) is 0 Å². The van der Waals surface area contributed by atoms with Gasteiger partial charge in [-0.1, -0.05) is 11.6 Å². The highest BCUT2D eigenvalue weighted by atomic mass is 35.5. The molecule has 9 heteroatoms. The zero-order chi connectivity index (χ0) is 21.0. The Bertz CT molecular complexity index is 1000. The predicted octanol–water partition coefficient (Wildman–Crippen LogP) is 5.30. The highest BCUT2D eigenvalue weighted by molar-refractivity contribution is 6.31. The molecule has 1 heterocycles. The Morgan fingerprint density at radius 1 is 1.00 bits per heavy atom. The van der Waals surface area contributed by atoms with Gasteiger partial charge >= 0.3 is 0 Å². The Hall–Kier alpha value is -3.26. The van der Waals surface area contributed by atoms with Crippen molar-refractivity contribution in [3.63, 3.8) is 0 Å². The first-order valence-corrected chi connectivity index (χ1v) is 8.79. The maximum Gasteiger partial charge on any atom is 0.243 e. The minimum atomic E-state index is -1.55. The van der Waals surface area contributed by atoms with Crippen LogP contribution in [0.25, 0.3) is 0 Å². The van der Waals surface area contributed by atoms with Gasteiger partial charge in [0.2, 0.25) is 5.91 Å². The highest BCUT2D eigenvalue weighted by Gasteiger charge is 2.23. The quantitative estimate of drug-likeness (QED) is 0.418. The second kappa shape index (κ2) is 8.83. The number of nitrogens with one attached hydrogen (secondary N) is 2. The molecule has 0 saturated heterocycles. The second-order valence-corrected chi connectivity index (χ2v) is 6.34. The van der Waals surface area contributed by atoms with E-state index in [-0.39, 0.29) is 12.1 Å². The lowest BCUT2D eigenvalue weighted by Crippen LogP contribution is -2.23. The van der Waals surface area contributed by atoms with Gasteiger partial charge in [-0.25, -0.2) is 13.2 Å². The van der Waals surface area contributed by atoms with Crippen LogP contribution in [0.2, 0.25) is 5.02 Å². The normalized spacial score (nSPS) is 10.5. The van der Waals surface area contributed by atoms with Crippen molar-refractivity contribution < 1.29 is 22.7 Å². The average molecular weight is 422 g/mol. The van der Waals surface area contributed by atoms with Crippen LogP contribution in [0.3, 0.4) is 0 Å². The smallest absolute Gasteiger partial charge is 0.243 e. The molecular weight excluding hydrogens is 407 g/mol.